The molecule has 0 aromatic heterocycles. The van der Waals surface area contributed by atoms with E-state index >= 15 is 0 Å². The zero-order chi connectivity index (χ0) is 13.7. The Hall–Kier alpha value is -1.06. The highest BCUT2D eigenvalue weighted by Gasteiger charge is 2.19. The van der Waals surface area contributed by atoms with E-state index in [2.05, 4.69) is 53.2 Å². The predicted molar refractivity (Wildman–Crippen MR) is 82.7 cm³/mol. The molecular formula is C16H27N3. The van der Waals surface area contributed by atoms with Crippen LogP contribution < -0.4 is 10.2 Å². The quantitative estimate of drug-likeness (QED) is 0.877. The lowest BCUT2D eigenvalue weighted by Crippen LogP contribution is -2.49. The van der Waals surface area contributed by atoms with Crippen LogP contribution in [0.25, 0.3) is 0 Å². The zero-order valence-electron chi connectivity index (χ0n) is 12.5. The summed E-state index contributed by atoms with van der Waals surface area (Å²) < 4.78 is 0. The maximum Gasteiger partial charge on any atom is 0.0367 e. The highest BCUT2D eigenvalue weighted by atomic mass is 15.3. The minimum absolute atomic E-state index is 0.722. The highest BCUT2D eigenvalue weighted by molar-refractivity contribution is 5.48. The second-order valence-electron chi connectivity index (χ2n) is 5.48. The van der Waals surface area contributed by atoms with Crippen molar-refractivity contribution in [1.82, 2.24) is 10.2 Å². The standard InChI is InChI=1S/C16H27N3/c1-4-14(2)18-9-11-19(12-10-18)16-7-5-15(6-8-16)13-17-3/h5-8,14,17H,4,9-13H2,1-3H3. The van der Waals surface area contributed by atoms with Gasteiger partial charge in [-0.15, -0.1) is 0 Å². The molecule has 0 amide bonds. The number of nitrogens with one attached hydrogen (secondary N) is 1. The molecule has 1 atom stereocenters. The zero-order valence-corrected chi connectivity index (χ0v) is 12.5. The monoisotopic (exact) mass is 261 g/mol. The highest BCUT2D eigenvalue weighted by Crippen LogP contribution is 2.18. The molecule has 3 nitrogen and oxygen atoms in total. The summed E-state index contributed by atoms with van der Waals surface area (Å²) in [6, 6.07) is 9.69. The SMILES string of the molecule is CCC(C)N1CCN(c2ccc(CNC)cc2)CC1. The summed E-state index contributed by atoms with van der Waals surface area (Å²) in [5, 5.41) is 3.19. The van der Waals surface area contributed by atoms with E-state index in [1.54, 1.807) is 0 Å². The molecule has 1 saturated heterocycles. The van der Waals surface area contributed by atoms with E-state index in [0.29, 0.717) is 0 Å². The third kappa shape index (κ3) is 3.71. The van der Waals surface area contributed by atoms with Crippen molar-refractivity contribution in [1.29, 1.82) is 0 Å². The summed E-state index contributed by atoms with van der Waals surface area (Å²) in [4.78, 5) is 5.11. The lowest BCUT2D eigenvalue weighted by molar-refractivity contribution is 0.193. The maximum atomic E-state index is 3.19. The van der Waals surface area contributed by atoms with Crippen LogP contribution in [-0.4, -0.2) is 44.2 Å². The van der Waals surface area contributed by atoms with E-state index in [0.717, 1.165) is 25.7 Å². The molecule has 106 valence electrons. The van der Waals surface area contributed by atoms with Crippen LogP contribution in [-0.2, 0) is 6.54 Å². The summed E-state index contributed by atoms with van der Waals surface area (Å²) in [5.74, 6) is 0. The van der Waals surface area contributed by atoms with Crippen LogP contribution >= 0.6 is 0 Å². The molecule has 1 aromatic carbocycles. The Morgan fingerprint density at radius 1 is 1.11 bits per heavy atom. The Balaban J connectivity index is 1.90. The summed E-state index contributed by atoms with van der Waals surface area (Å²) in [5.41, 5.74) is 2.72. The molecule has 2 rings (SSSR count). The topological polar surface area (TPSA) is 18.5 Å². The molecular weight excluding hydrogens is 234 g/mol. The number of benzene rings is 1. The third-order valence-corrected chi connectivity index (χ3v) is 4.21. The molecule has 1 aliphatic rings. The first-order chi connectivity index (χ1) is 9.24. The van der Waals surface area contributed by atoms with Crippen LogP contribution in [0.15, 0.2) is 24.3 Å². The molecule has 0 spiro atoms. The number of piperazine rings is 1. The first-order valence-corrected chi connectivity index (χ1v) is 7.47. The van der Waals surface area contributed by atoms with Gasteiger partial charge in [-0.2, -0.15) is 0 Å². The number of nitrogens with zero attached hydrogens (tertiary/aromatic N) is 2. The molecule has 0 bridgehead atoms. The smallest absolute Gasteiger partial charge is 0.0367 e. The molecule has 3 heteroatoms. The number of hydrogen-bond acceptors (Lipinski definition) is 3. The molecule has 0 radical (unpaired) electrons. The Kier molecular flexibility index (Phi) is 5.23. The van der Waals surface area contributed by atoms with Gasteiger partial charge in [0.2, 0.25) is 0 Å². The van der Waals surface area contributed by atoms with Crippen LogP contribution in [0.5, 0.6) is 0 Å². The van der Waals surface area contributed by atoms with Gasteiger partial charge in [0.05, 0.1) is 0 Å². The molecule has 0 aliphatic carbocycles. The minimum Gasteiger partial charge on any atom is -0.369 e. The van der Waals surface area contributed by atoms with Crippen molar-refractivity contribution in [2.45, 2.75) is 32.9 Å². The van der Waals surface area contributed by atoms with Gasteiger partial charge >= 0.3 is 0 Å². The van der Waals surface area contributed by atoms with Gasteiger partial charge in [0.1, 0.15) is 0 Å². The van der Waals surface area contributed by atoms with Crippen molar-refractivity contribution in [2.24, 2.45) is 0 Å². The van der Waals surface area contributed by atoms with E-state index in [-0.39, 0.29) is 0 Å². The van der Waals surface area contributed by atoms with Gasteiger partial charge in [-0.25, -0.2) is 0 Å². The second-order valence-corrected chi connectivity index (χ2v) is 5.48. The first kappa shape index (κ1) is 14.4. The normalized spacial score (nSPS) is 18.6. The van der Waals surface area contributed by atoms with Crippen molar-refractivity contribution < 1.29 is 0 Å². The van der Waals surface area contributed by atoms with Gasteiger partial charge in [-0.05, 0) is 38.1 Å². The van der Waals surface area contributed by atoms with Gasteiger partial charge < -0.3 is 10.2 Å². The molecule has 1 unspecified atom stereocenters. The van der Waals surface area contributed by atoms with Crippen LogP contribution in [0.4, 0.5) is 5.69 Å². The van der Waals surface area contributed by atoms with Crippen LogP contribution in [0.3, 0.4) is 0 Å². The van der Waals surface area contributed by atoms with Crippen molar-refractivity contribution >= 4 is 5.69 Å². The summed E-state index contributed by atoms with van der Waals surface area (Å²) in [7, 11) is 1.99. The molecule has 0 saturated carbocycles. The molecule has 1 aromatic rings. The Morgan fingerprint density at radius 3 is 2.26 bits per heavy atom. The lowest BCUT2D eigenvalue weighted by Gasteiger charge is -2.39. The summed E-state index contributed by atoms with van der Waals surface area (Å²) in [6.45, 7) is 10.2. The van der Waals surface area contributed by atoms with Crippen LogP contribution in [0.1, 0.15) is 25.8 Å². The Bertz CT molecular complexity index is 366. The number of rotatable bonds is 5. The van der Waals surface area contributed by atoms with Crippen LogP contribution in [0, 0.1) is 0 Å². The Morgan fingerprint density at radius 2 is 1.74 bits per heavy atom. The molecule has 1 fully saturated rings. The number of anilines is 1. The lowest BCUT2D eigenvalue weighted by atomic mass is 10.1. The third-order valence-electron chi connectivity index (χ3n) is 4.21. The minimum atomic E-state index is 0.722. The van der Waals surface area contributed by atoms with Crippen molar-refractivity contribution in [3.05, 3.63) is 29.8 Å². The van der Waals surface area contributed by atoms with E-state index in [4.69, 9.17) is 0 Å². The predicted octanol–water partition coefficient (Wildman–Crippen LogP) is 2.33. The van der Waals surface area contributed by atoms with Gasteiger partial charge in [0.15, 0.2) is 0 Å². The van der Waals surface area contributed by atoms with E-state index in [1.165, 1.54) is 30.8 Å². The maximum absolute atomic E-state index is 3.19. The van der Waals surface area contributed by atoms with Gasteiger partial charge in [0, 0.05) is 44.5 Å². The molecule has 19 heavy (non-hydrogen) atoms. The van der Waals surface area contributed by atoms with Gasteiger partial charge in [-0.1, -0.05) is 19.1 Å². The summed E-state index contributed by atoms with van der Waals surface area (Å²) >= 11 is 0. The average Bonchev–Trinajstić information content (AvgIpc) is 2.48. The van der Waals surface area contributed by atoms with E-state index < -0.39 is 0 Å². The fourth-order valence-corrected chi connectivity index (χ4v) is 2.71. The summed E-state index contributed by atoms with van der Waals surface area (Å²) in [6.07, 6.45) is 1.25. The fourth-order valence-electron chi connectivity index (χ4n) is 2.71. The van der Waals surface area contributed by atoms with Crippen molar-refractivity contribution in [2.75, 3.05) is 38.1 Å². The Labute approximate surface area is 117 Å². The number of hydrogen-bond donors (Lipinski definition) is 1. The van der Waals surface area contributed by atoms with Crippen LogP contribution in [0.2, 0.25) is 0 Å². The van der Waals surface area contributed by atoms with Crippen molar-refractivity contribution in [3.63, 3.8) is 0 Å². The molecule has 1 N–H and O–H groups in total. The van der Waals surface area contributed by atoms with Crippen molar-refractivity contribution in [3.8, 4) is 0 Å². The average molecular weight is 261 g/mol. The second kappa shape index (κ2) is 6.92. The largest absolute Gasteiger partial charge is 0.369 e. The molecule has 1 heterocycles. The molecule has 1 aliphatic heterocycles. The van der Waals surface area contributed by atoms with E-state index in [9.17, 15) is 0 Å². The van der Waals surface area contributed by atoms with E-state index in [1.807, 2.05) is 7.05 Å². The first-order valence-electron chi connectivity index (χ1n) is 7.47. The van der Waals surface area contributed by atoms with Gasteiger partial charge in [0.25, 0.3) is 0 Å². The van der Waals surface area contributed by atoms with Gasteiger partial charge in [-0.3, -0.25) is 4.90 Å². The fraction of sp³-hybridized carbons (Fsp3) is 0.625.